The van der Waals surface area contributed by atoms with Crippen LogP contribution in [0.3, 0.4) is 0 Å². The number of nitrogen functional groups attached to an aromatic ring is 1. The number of nitrogens with two attached hydrogens (primary N) is 1. The monoisotopic (exact) mass is 330 g/mol. The number of anilines is 1. The van der Waals surface area contributed by atoms with Crippen molar-refractivity contribution in [2.45, 2.75) is 0 Å². The van der Waals surface area contributed by atoms with Crippen LogP contribution >= 0.6 is 11.6 Å². The lowest BCUT2D eigenvalue weighted by atomic mass is 10.1. The molecule has 0 fully saturated rings. The SMILES string of the molecule is COc1cc(-c2cc(N)c(Cl)c(OC(=O)O)n2)c(F)cc1F. The second-order valence-corrected chi connectivity index (χ2v) is 4.43. The van der Waals surface area contributed by atoms with E-state index in [1.165, 1.54) is 13.2 Å². The van der Waals surface area contributed by atoms with Gasteiger partial charge in [0.1, 0.15) is 10.8 Å². The maximum Gasteiger partial charge on any atom is 0.512 e. The number of pyridine rings is 1. The van der Waals surface area contributed by atoms with Crippen LogP contribution in [0.4, 0.5) is 19.3 Å². The summed E-state index contributed by atoms with van der Waals surface area (Å²) in [5.41, 5.74) is 5.29. The first kappa shape index (κ1) is 15.8. The van der Waals surface area contributed by atoms with Crippen LogP contribution in [0.2, 0.25) is 5.02 Å². The van der Waals surface area contributed by atoms with E-state index in [9.17, 15) is 13.6 Å². The Hall–Kier alpha value is -2.61. The Bertz CT molecular complexity index is 755. The summed E-state index contributed by atoms with van der Waals surface area (Å²) in [6.45, 7) is 0. The van der Waals surface area contributed by atoms with Crippen LogP contribution in [0.5, 0.6) is 11.6 Å². The van der Waals surface area contributed by atoms with Gasteiger partial charge < -0.3 is 20.3 Å². The van der Waals surface area contributed by atoms with Gasteiger partial charge in [0.15, 0.2) is 11.6 Å². The lowest BCUT2D eigenvalue weighted by Crippen LogP contribution is -2.07. The second-order valence-electron chi connectivity index (χ2n) is 4.05. The quantitative estimate of drug-likeness (QED) is 0.838. The average molecular weight is 331 g/mol. The van der Waals surface area contributed by atoms with Crippen LogP contribution in [0.1, 0.15) is 0 Å². The number of carboxylic acid groups (broad SMARTS) is 1. The molecule has 1 aromatic carbocycles. The first-order valence-corrected chi connectivity index (χ1v) is 6.11. The lowest BCUT2D eigenvalue weighted by Gasteiger charge is -2.10. The van der Waals surface area contributed by atoms with E-state index in [1.54, 1.807) is 0 Å². The number of benzene rings is 1. The van der Waals surface area contributed by atoms with Gasteiger partial charge in [-0.3, -0.25) is 0 Å². The highest BCUT2D eigenvalue weighted by Gasteiger charge is 2.18. The Morgan fingerprint density at radius 3 is 2.59 bits per heavy atom. The third-order valence-corrected chi connectivity index (χ3v) is 3.04. The van der Waals surface area contributed by atoms with Crippen LogP contribution in [0, 0.1) is 11.6 Å². The van der Waals surface area contributed by atoms with Crippen molar-refractivity contribution in [3.05, 3.63) is 34.9 Å². The third-order valence-electron chi connectivity index (χ3n) is 2.66. The predicted octanol–water partition coefficient (Wildman–Crippen LogP) is 3.33. The minimum Gasteiger partial charge on any atom is -0.494 e. The van der Waals surface area contributed by atoms with Crippen molar-refractivity contribution in [3.63, 3.8) is 0 Å². The third kappa shape index (κ3) is 3.01. The zero-order valence-electron chi connectivity index (χ0n) is 11.1. The van der Waals surface area contributed by atoms with E-state index in [0.29, 0.717) is 6.07 Å². The molecular weight excluding hydrogens is 322 g/mol. The van der Waals surface area contributed by atoms with Gasteiger partial charge in [0.05, 0.1) is 18.5 Å². The minimum atomic E-state index is -1.66. The largest absolute Gasteiger partial charge is 0.512 e. The molecule has 0 aliphatic heterocycles. The Balaban J connectivity index is 2.62. The maximum absolute atomic E-state index is 13.9. The second kappa shape index (κ2) is 6.02. The molecule has 1 heterocycles. The van der Waals surface area contributed by atoms with Gasteiger partial charge in [0, 0.05) is 11.6 Å². The Labute approximate surface area is 128 Å². The van der Waals surface area contributed by atoms with E-state index < -0.39 is 23.7 Å². The van der Waals surface area contributed by atoms with Gasteiger partial charge >= 0.3 is 6.16 Å². The summed E-state index contributed by atoms with van der Waals surface area (Å²) >= 11 is 5.77. The van der Waals surface area contributed by atoms with Crippen LogP contribution < -0.4 is 15.2 Å². The van der Waals surface area contributed by atoms with E-state index >= 15 is 0 Å². The van der Waals surface area contributed by atoms with Crippen molar-refractivity contribution in [1.29, 1.82) is 0 Å². The molecule has 2 aromatic rings. The number of carbonyl (C=O) groups is 1. The Morgan fingerprint density at radius 1 is 1.32 bits per heavy atom. The minimum absolute atomic E-state index is 0.0781. The van der Waals surface area contributed by atoms with E-state index in [2.05, 4.69) is 9.72 Å². The highest BCUT2D eigenvalue weighted by molar-refractivity contribution is 6.34. The summed E-state index contributed by atoms with van der Waals surface area (Å²) in [4.78, 5) is 14.4. The number of rotatable bonds is 3. The summed E-state index contributed by atoms with van der Waals surface area (Å²) in [6, 6.07) is 2.87. The van der Waals surface area contributed by atoms with E-state index in [4.69, 9.17) is 27.2 Å². The Kier molecular flexibility index (Phi) is 4.32. The zero-order chi connectivity index (χ0) is 16.4. The average Bonchev–Trinajstić information content (AvgIpc) is 2.43. The van der Waals surface area contributed by atoms with E-state index in [-0.39, 0.29) is 27.7 Å². The molecular formula is C13H9ClF2N2O4. The summed E-state index contributed by atoms with van der Waals surface area (Å²) in [6.07, 6.45) is -1.66. The highest BCUT2D eigenvalue weighted by atomic mass is 35.5. The molecule has 0 atom stereocenters. The van der Waals surface area contributed by atoms with Gasteiger partial charge in [-0.05, 0) is 12.1 Å². The van der Waals surface area contributed by atoms with Gasteiger partial charge in [-0.1, -0.05) is 11.6 Å². The molecule has 2 rings (SSSR count). The van der Waals surface area contributed by atoms with Crippen molar-refractivity contribution in [3.8, 4) is 22.9 Å². The van der Waals surface area contributed by atoms with Gasteiger partial charge in [0.25, 0.3) is 0 Å². The van der Waals surface area contributed by atoms with Gasteiger partial charge in [-0.25, -0.2) is 18.6 Å². The summed E-state index contributed by atoms with van der Waals surface area (Å²) in [7, 11) is 1.21. The normalized spacial score (nSPS) is 10.4. The van der Waals surface area contributed by atoms with Crippen molar-refractivity contribution >= 4 is 23.4 Å². The molecule has 0 bridgehead atoms. The van der Waals surface area contributed by atoms with E-state index in [1.807, 2.05) is 0 Å². The number of hydrogen-bond donors (Lipinski definition) is 2. The molecule has 0 aliphatic rings. The van der Waals surface area contributed by atoms with Crippen molar-refractivity contribution in [1.82, 2.24) is 4.98 Å². The molecule has 0 aliphatic carbocycles. The van der Waals surface area contributed by atoms with Gasteiger partial charge in [0.2, 0.25) is 5.88 Å². The van der Waals surface area contributed by atoms with Crippen molar-refractivity contribution < 1.29 is 28.2 Å². The smallest absolute Gasteiger partial charge is 0.494 e. The zero-order valence-corrected chi connectivity index (χ0v) is 11.8. The fraction of sp³-hybridized carbons (Fsp3) is 0.0769. The first-order valence-electron chi connectivity index (χ1n) is 5.73. The summed E-state index contributed by atoms with van der Waals surface area (Å²) < 4.78 is 36.5. The summed E-state index contributed by atoms with van der Waals surface area (Å²) in [5, 5.41) is 8.38. The van der Waals surface area contributed by atoms with E-state index in [0.717, 1.165) is 6.07 Å². The van der Waals surface area contributed by atoms with Gasteiger partial charge in [-0.15, -0.1) is 0 Å². The fourth-order valence-electron chi connectivity index (χ4n) is 1.70. The molecule has 0 saturated carbocycles. The van der Waals surface area contributed by atoms with Gasteiger partial charge in [-0.2, -0.15) is 0 Å². The molecule has 0 radical (unpaired) electrons. The topological polar surface area (TPSA) is 94.7 Å². The standard InChI is InChI=1S/C13H9ClF2N2O4/c1-21-10-2-5(6(15)3-7(10)16)9-4-8(17)11(14)12(18-9)22-13(19)20/h2-4H,1H3,(H2,17,18)(H,19,20). The molecule has 116 valence electrons. The first-order chi connectivity index (χ1) is 10.3. The molecule has 22 heavy (non-hydrogen) atoms. The molecule has 0 spiro atoms. The maximum atomic E-state index is 13.9. The Morgan fingerprint density at radius 2 is 2.00 bits per heavy atom. The number of aromatic nitrogens is 1. The molecule has 0 saturated heterocycles. The van der Waals surface area contributed by atoms with Crippen LogP contribution in [0.15, 0.2) is 18.2 Å². The molecule has 0 unspecified atom stereocenters. The molecule has 0 amide bonds. The van der Waals surface area contributed by atoms with Crippen molar-refractivity contribution in [2.24, 2.45) is 0 Å². The van der Waals surface area contributed by atoms with Crippen LogP contribution in [-0.2, 0) is 0 Å². The van der Waals surface area contributed by atoms with Crippen LogP contribution in [0.25, 0.3) is 11.3 Å². The molecule has 6 nitrogen and oxygen atoms in total. The van der Waals surface area contributed by atoms with Crippen LogP contribution in [-0.4, -0.2) is 23.4 Å². The molecule has 3 N–H and O–H groups in total. The molecule has 9 heteroatoms. The summed E-state index contributed by atoms with van der Waals surface area (Å²) in [5.74, 6) is -2.55. The lowest BCUT2D eigenvalue weighted by molar-refractivity contribution is 0.142. The number of hydrogen-bond acceptors (Lipinski definition) is 5. The van der Waals surface area contributed by atoms with Crippen molar-refractivity contribution in [2.75, 3.05) is 12.8 Å². The number of ether oxygens (including phenoxy) is 2. The highest BCUT2D eigenvalue weighted by Crippen LogP contribution is 2.35. The number of nitrogens with zero attached hydrogens (tertiary/aromatic N) is 1. The molecule has 1 aromatic heterocycles. The fourth-order valence-corrected chi connectivity index (χ4v) is 1.83. The number of halogens is 3. The predicted molar refractivity (Wildman–Crippen MR) is 74.2 cm³/mol. The number of methoxy groups -OCH3 is 1.